The molecule has 1 rings (SSSR count). The first-order valence-corrected chi connectivity index (χ1v) is 6.53. The molecule has 94 valence electrons. The van der Waals surface area contributed by atoms with Crippen molar-refractivity contribution in [3.8, 4) is 0 Å². The number of nitrogens with zero attached hydrogens (tertiary/aromatic N) is 1. The molecule has 1 aliphatic rings. The van der Waals surface area contributed by atoms with Gasteiger partial charge in [-0.25, -0.2) is 0 Å². The topological polar surface area (TPSA) is 46.3 Å². The van der Waals surface area contributed by atoms with Crippen LogP contribution in [0.2, 0.25) is 0 Å². The summed E-state index contributed by atoms with van der Waals surface area (Å²) in [6.45, 7) is 4.88. The number of hydrogen-bond donors (Lipinski definition) is 1. The van der Waals surface area contributed by atoms with Crippen molar-refractivity contribution in [3.63, 3.8) is 0 Å². The van der Waals surface area contributed by atoms with E-state index in [2.05, 4.69) is 0 Å². The van der Waals surface area contributed by atoms with E-state index >= 15 is 0 Å². The summed E-state index contributed by atoms with van der Waals surface area (Å²) in [5.74, 6) is 1.02. The highest BCUT2D eigenvalue weighted by Crippen LogP contribution is 2.24. The summed E-state index contributed by atoms with van der Waals surface area (Å²) >= 11 is 0. The number of rotatable bonds is 4. The van der Waals surface area contributed by atoms with Crippen LogP contribution in [0.15, 0.2) is 0 Å². The summed E-state index contributed by atoms with van der Waals surface area (Å²) in [4.78, 5) is 13.8. The standard InChI is InChI=1S/C13H26N2O/c1-10(2)12(14)13(16)15(3)9-11-7-5-4-6-8-11/h10-12H,4-9,14H2,1-3H3/t12-/m1/s1. The van der Waals surface area contributed by atoms with Gasteiger partial charge in [0.25, 0.3) is 0 Å². The van der Waals surface area contributed by atoms with Crippen LogP contribution in [0, 0.1) is 11.8 Å². The number of nitrogens with two attached hydrogens (primary N) is 1. The van der Waals surface area contributed by atoms with Crippen LogP contribution < -0.4 is 5.73 Å². The average Bonchev–Trinajstić information content (AvgIpc) is 2.28. The Labute approximate surface area is 99.4 Å². The first-order chi connectivity index (χ1) is 7.52. The Morgan fingerprint density at radius 2 is 1.88 bits per heavy atom. The second-order valence-corrected chi connectivity index (χ2v) is 5.49. The van der Waals surface area contributed by atoms with Gasteiger partial charge in [0, 0.05) is 13.6 Å². The molecule has 0 aromatic rings. The van der Waals surface area contributed by atoms with Gasteiger partial charge in [-0.2, -0.15) is 0 Å². The molecule has 1 saturated carbocycles. The van der Waals surface area contributed by atoms with Crippen LogP contribution in [0.25, 0.3) is 0 Å². The normalized spacial score (nSPS) is 19.8. The van der Waals surface area contributed by atoms with Crippen LogP contribution in [0.1, 0.15) is 46.0 Å². The predicted molar refractivity (Wildman–Crippen MR) is 67.0 cm³/mol. The smallest absolute Gasteiger partial charge is 0.239 e. The van der Waals surface area contributed by atoms with Gasteiger partial charge in [0.2, 0.25) is 5.91 Å². The Kier molecular flexibility index (Phi) is 5.26. The zero-order valence-electron chi connectivity index (χ0n) is 10.9. The van der Waals surface area contributed by atoms with E-state index < -0.39 is 0 Å². The fraction of sp³-hybridized carbons (Fsp3) is 0.923. The van der Waals surface area contributed by atoms with E-state index in [1.807, 2.05) is 25.8 Å². The summed E-state index contributed by atoms with van der Waals surface area (Å²) < 4.78 is 0. The van der Waals surface area contributed by atoms with Crippen LogP contribution in [-0.4, -0.2) is 30.4 Å². The lowest BCUT2D eigenvalue weighted by molar-refractivity contribution is -0.132. The van der Waals surface area contributed by atoms with Crippen LogP contribution in [0.4, 0.5) is 0 Å². The number of likely N-dealkylation sites (N-methyl/N-ethyl adjacent to an activating group) is 1. The molecule has 3 heteroatoms. The number of carbonyl (C=O) groups is 1. The highest BCUT2D eigenvalue weighted by Gasteiger charge is 2.23. The molecule has 1 fully saturated rings. The third kappa shape index (κ3) is 3.78. The van der Waals surface area contributed by atoms with Crippen molar-refractivity contribution in [2.75, 3.05) is 13.6 Å². The molecule has 0 heterocycles. The monoisotopic (exact) mass is 226 g/mol. The lowest BCUT2D eigenvalue weighted by Crippen LogP contribution is -2.46. The van der Waals surface area contributed by atoms with Crippen molar-refractivity contribution in [1.82, 2.24) is 4.90 Å². The third-order valence-corrected chi connectivity index (χ3v) is 3.64. The summed E-state index contributed by atoms with van der Waals surface area (Å²) in [7, 11) is 1.89. The quantitative estimate of drug-likeness (QED) is 0.797. The van der Waals surface area contributed by atoms with E-state index in [1.54, 1.807) is 0 Å². The minimum atomic E-state index is -0.339. The van der Waals surface area contributed by atoms with Crippen molar-refractivity contribution in [2.45, 2.75) is 52.0 Å². The second-order valence-electron chi connectivity index (χ2n) is 5.49. The van der Waals surface area contributed by atoms with Gasteiger partial charge in [0.1, 0.15) is 0 Å². The van der Waals surface area contributed by atoms with Crippen molar-refractivity contribution < 1.29 is 4.79 Å². The van der Waals surface area contributed by atoms with Gasteiger partial charge >= 0.3 is 0 Å². The fourth-order valence-electron chi connectivity index (χ4n) is 2.39. The van der Waals surface area contributed by atoms with Crippen molar-refractivity contribution in [1.29, 1.82) is 0 Å². The maximum atomic E-state index is 12.0. The zero-order valence-corrected chi connectivity index (χ0v) is 10.9. The van der Waals surface area contributed by atoms with Gasteiger partial charge in [0.15, 0.2) is 0 Å². The molecule has 1 atom stereocenters. The van der Waals surface area contributed by atoms with E-state index in [0.29, 0.717) is 5.92 Å². The number of carbonyl (C=O) groups excluding carboxylic acids is 1. The van der Waals surface area contributed by atoms with Crippen LogP contribution in [0.5, 0.6) is 0 Å². The predicted octanol–water partition coefficient (Wildman–Crippen LogP) is 2.01. The molecule has 0 aliphatic heterocycles. The largest absolute Gasteiger partial charge is 0.344 e. The molecule has 1 aliphatic carbocycles. The van der Waals surface area contributed by atoms with Crippen LogP contribution in [0.3, 0.4) is 0 Å². The Morgan fingerprint density at radius 1 is 1.31 bits per heavy atom. The van der Waals surface area contributed by atoms with Gasteiger partial charge < -0.3 is 10.6 Å². The van der Waals surface area contributed by atoms with Crippen molar-refractivity contribution in [3.05, 3.63) is 0 Å². The van der Waals surface area contributed by atoms with Gasteiger partial charge in [-0.3, -0.25) is 4.79 Å². The molecule has 3 nitrogen and oxygen atoms in total. The molecule has 16 heavy (non-hydrogen) atoms. The second kappa shape index (κ2) is 6.24. The molecular weight excluding hydrogens is 200 g/mol. The van der Waals surface area contributed by atoms with E-state index in [4.69, 9.17) is 5.73 Å². The molecule has 0 bridgehead atoms. The summed E-state index contributed by atoms with van der Waals surface area (Å²) in [5.41, 5.74) is 5.87. The highest BCUT2D eigenvalue weighted by atomic mass is 16.2. The van der Waals surface area contributed by atoms with Crippen LogP contribution in [-0.2, 0) is 4.79 Å². The van der Waals surface area contributed by atoms with E-state index in [0.717, 1.165) is 6.54 Å². The Hall–Kier alpha value is -0.570. The van der Waals surface area contributed by atoms with E-state index in [1.165, 1.54) is 32.1 Å². The molecular formula is C13H26N2O. The lowest BCUT2D eigenvalue weighted by atomic mass is 9.89. The average molecular weight is 226 g/mol. The zero-order chi connectivity index (χ0) is 12.1. The molecule has 0 radical (unpaired) electrons. The van der Waals surface area contributed by atoms with E-state index in [-0.39, 0.29) is 17.9 Å². The molecule has 1 amide bonds. The fourth-order valence-corrected chi connectivity index (χ4v) is 2.39. The van der Waals surface area contributed by atoms with Gasteiger partial charge in [-0.1, -0.05) is 33.1 Å². The summed E-state index contributed by atoms with van der Waals surface area (Å²) in [6.07, 6.45) is 6.55. The highest BCUT2D eigenvalue weighted by molar-refractivity contribution is 5.81. The maximum absolute atomic E-state index is 12.0. The first kappa shape index (κ1) is 13.5. The summed E-state index contributed by atoms with van der Waals surface area (Å²) in [5, 5.41) is 0. The number of amides is 1. The minimum absolute atomic E-state index is 0.0978. The SMILES string of the molecule is CC(C)[C@@H](N)C(=O)N(C)CC1CCCCC1. The number of hydrogen-bond acceptors (Lipinski definition) is 2. The maximum Gasteiger partial charge on any atom is 0.239 e. The molecule has 2 N–H and O–H groups in total. The lowest BCUT2D eigenvalue weighted by Gasteiger charge is -2.29. The minimum Gasteiger partial charge on any atom is -0.344 e. The molecule has 0 saturated heterocycles. The molecule has 0 spiro atoms. The Morgan fingerprint density at radius 3 is 2.38 bits per heavy atom. The van der Waals surface area contributed by atoms with Gasteiger partial charge in [-0.15, -0.1) is 0 Å². The molecule has 0 aromatic carbocycles. The van der Waals surface area contributed by atoms with Crippen molar-refractivity contribution in [2.24, 2.45) is 17.6 Å². The third-order valence-electron chi connectivity index (χ3n) is 3.64. The first-order valence-electron chi connectivity index (χ1n) is 6.53. The van der Waals surface area contributed by atoms with Crippen molar-refractivity contribution >= 4 is 5.91 Å². The molecule has 0 aromatic heterocycles. The van der Waals surface area contributed by atoms with Gasteiger partial charge in [0.05, 0.1) is 6.04 Å². The Balaban J connectivity index is 2.38. The Bertz CT molecular complexity index is 222. The van der Waals surface area contributed by atoms with Crippen LogP contribution >= 0.6 is 0 Å². The molecule has 0 unspecified atom stereocenters. The van der Waals surface area contributed by atoms with Gasteiger partial charge in [-0.05, 0) is 24.7 Å². The summed E-state index contributed by atoms with van der Waals surface area (Å²) in [6, 6.07) is -0.339. The van der Waals surface area contributed by atoms with E-state index in [9.17, 15) is 4.79 Å².